The lowest BCUT2D eigenvalue weighted by Gasteiger charge is -2.35. The van der Waals surface area contributed by atoms with Gasteiger partial charge in [-0.2, -0.15) is 4.57 Å². The minimum absolute atomic E-state index is 0.145. The normalized spacial score (nSPS) is 12.4. The van der Waals surface area contributed by atoms with Crippen LogP contribution in [-0.2, 0) is 7.05 Å². The maximum atomic E-state index is 2.45. The van der Waals surface area contributed by atoms with Crippen molar-refractivity contribution in [2.45, 2.75) is 48.5 Å². The molecular weight excluding hydrogens is 542 g/mol. The van der Waals surface area contributed by atoms with E-state index < -0.39 is 0 Å². The average molecular weight is 583 g/mol. The van der Waals surface area contributed by atoms with Crippen molar-refractivity contribution in [2.75, 3.05) is 0 Å². The topological polar surface area (TPSA) is 8.81 Å². The third-order valence-electron chi connectivity index (χ3n) is 10.4. The van der Waals surface area contributed by atoms with Gasteiger partial charge in [0.05, 0.1) is 12.6 Å². The Morgan fingerprint density at radius 1 is 0.489 bits per heavy atom. The molecule has 0 bridgehead atoms. The van der Waals surface area contributed by atoms with Crippen molar-refractivity contribution in [2.24, 2.45) is 7.05 Å². The smallest absolute Gasteiger partial charge is 0.232 e. The van der Waals surface area contributed by atoms with E-state index in [9.17, 15) is 0 Å². The van der Waals surface area contributed by atoms with E-state index in [1.165, 1.54) is 88.8 Å². The highest BCUT2D eigenvalue weighted by molar-refractivity contribution is 7.11. The van der Waals surface area contributed by atoms with Gasteiger partial charge in [0.25, 0.3) is 5.82 Å². The number of rotatable bonds is 4. The fourth-order valence-electron chi connectivity index (χ4n) is 8.33. The van der Waals surface area contributed by atoms with Crippen LogP contribution >= 0.6 is 0 Å². The monoisotopic (exact) mass is 583 g/mol. The Balaban J connectivity index is 1.59. The van der Waals surface area contributed by atoms with Crippen LogP contribution in [0.15, 0.2) is 103 Å². The minimum Gasteiger partial charge on any atom is -0.232 e. The molecule has 0 amide bonds. The fraction of sp³-hybridized carbons (Fsp3) is 0.195. The van der Waals surface area contributed by atoms with Crippen LogP contribution in [0.25, 0.3) is 17.1 Å². The standard InChI is InChI=1S/C41H41B2N2/c1-26-14-11-15-27(2)37(26)42-34-20-9-10-21-35(34)43(38-28(3)16-12-17-29(38)4)39-32(7)33(22-23-36(39)42)41-44(8)24-25-45(41)40-30(5)18-13-19-31(40)6/h9-25H,1-8H3/q+1. The number of hydrogen-bond acceptors (Lipinski definition) is 0. The van der Waals surface area contributed by atoms with Gasteiger partial charge < -0.3 is 0 Å². The number of aryl methyl sites for hydroxylation is 7. The quantitative estimate of drug-likeness (QED) is 0.214. The predicted octanol–water partition coefficient (Wildman–Crippen LogP) is 4.47. The van der Waals surface area contributed by atoms with E-state index in [1.54, 1.807) is 0 Å². The largest absolute Gasteiger partial charge is 0.294 e. The Kier molecular flexibility index (Phi) is 7.20. The van der Waals surface area contributed by atoms with Crippen LogP contribution in [0.1, 0.15) is 38.9 Å². The van der Waals surface area contributed by atoms with Gasteiger partial charge in [-0.15, -0.1) is 0 Å². The van der Waals surface area contributed by atoms with E-state index in [1.807, 2.05) is 0 Å². The number of nitrogens with zero attached hydrogens (tertiary/aromatic N) is 2. The molecule has 2 heterocycles. The Bertz CT molecular complexity index is 2060. The highest BCUT2D eigenvalue weighted by Crippen LogP contribution is 2.27. The maximum absolute atomic E-state index is 2.45. The van der Waals surface area contributed by atoms with Gasteiger partial charge in [0.2, 0.25) is 13.4 Å². The van der Waals surface area contributed by atoms with Crippen LogP contribution in [0.3, 0.4) is 0 Å². The second-order valence-electron chi connectivity index (χ2n) is 13.2. The number of benzene rings is 5. The lowest BCUT2D eigenvalue weighted by Crippen LogP contribution is -2.76. The third-order valence-corrected chi connectivity index (χ3v) is 10.4. The first-order chi connectivity index (χ1) is 21.7. The molecular formula is C41H41B2N2+. The van der Waals surface area contributed by atoms with Gasteiger partial charge in [-0.3, -0.25) is 0 Å². The third kappa shape index (κ3) is 4.53. The van der Waals surface area contributed by atoms with Gasteiger partial charge in [0, 0.05) is 0 Å². The van der Waals surface area contributed by atoms with Crippen LogP contribution in [0.5, 0.6) is 0 Å². The minimum atomic E-state index is 0.145. The lowest BCUT2D eigenvalue weighted by atomic mass is 9.20. The molecule has 1 aliphatic rings. The molecule has 5 aromatic carbocycles. The molecule has 0 unspecified atom stereocenters. The molecule has 0 saturated heterocycles. The van der Waals surface area contributed by atoms with Gasteiger partial charge >= 0.3 is 0 Å². The molecule has 7 rings (SSSR count). The Labute approximate surface area is 269 Å². The van der Waals surface area contributed by atoms with Gasteiger partial charge in [0.15, 0.2) is 0 Å². The van der Waals surface area contributed by atoms with Crippen molar-refractivity contribution in [3.8, 4) is 17.1 Å². The van der Waals surface area contributed by atoms with E-state index in [0.717, 1.165) is 0 Å². The molecule has 1 aliphatic heterocycles. The summed E-state index contributed by atoms with van der Waals surface area (Å²) < 4.78 is 4.68. The molecule has 6 aromatic rings. The van der Waals surface area contributed by atoms with Crippen molar-refractivity contribution < 1.29 is 4.57 Å². The highest BCUT2D eigenvalue weighted by Gasteiger charge is 2.42. The Morgan fingerprint density at radius 2 is 0.978 bits per heavy atom. The lowest BCUT2D eigenvalue weighted by molar-refractivity contribution is -0.659. The molecule has 0 saturated carbocycles. The Morgan fingerprint density at radius 3 is 1.53 bits per heavy atom. The molecule has 2 nitrogen and oxygen atoms in total. The molecule has 1 aromatic heterocycles. The summed E-state index contributed by atoms with van der Waals surface area (Å²) in [4.78, 5) is 0. The highest BCUT2D eigenvalue weighted by atomic mass is 15.1. The summed E-state index contributed by atoms with van der Waals surface area (Å²) in [6, 6.07) is 34.2. The second kappa shape index (κ2) is 11.1. The SMILES string of the molecule is Cc1cccc(C)c1B1c2ccccc2B(c2c(C)cccc2C)c2c1ccc(-c1n(-c3c(C)cccc3C)cc[n+]1C)c2C. The molecule has 220 valence electrons. The van der Waals surface area contributed by atoms with Crippen LogP contribution < -0.4 is 37.3 Å². The summed E-state index contributed by atoms with van der Waals surface area (Å²) in [5.74, 6) is 1.20. The van der Waals surface area contributed by atoms with E-state index in [2.05, 4.69) is 168 Å². The Hall–Kier alpha value is -4.56. The maximum Gasteiger partial charge on any atom is 0.294 e. The van der Waals surface area contributed by atoms with Crippen LogP contribution in [-0.4, -0.2) is 18.0 Å². The van der Waals surface area contributed by atoms with Crippen LogP contribution in [0, 0.1) is 48.5 Å². The number of aromatic nitrogens is 2. The first-order valence-corrected chi connectivity index (χ1v) is 16.2. The van der Waals surface area contributed by atoms with Crippen molar-refractivity contribution in [3.63, 3.8) is 0 Å². The van der Waals surface area contributed by atoms with Crippen molar-refractivity contribution >= 4 is 46.2 Å². The van der Waals surface area contributed by atoms with E-state index in [0.29, 0.717) is 0 Å². The van der Waals surface area contributed by atoms with Crippen molar-refractivity contribution in [1.82, 2.24) is 4.57 Å². The van der Waals surface area contributed by atoms with Gasteiger partial charge in [0.1, 0.15) is 18.1 Å². The zero-order valence-corrected chi connectivity index (χ0v) is 27.9. The number of imidazole rings is 1. The average Bonchev–Trinajstić information content (AvgIpc) is 3.38. The molecule has 45 heavy (non-hydrogen) atoms. The van der Waals surface area contributed by atoms with Crippen molar-refractivity contribution in [3.05, 3.63) is 142 Å². The van der Waals surface area contributed by atoms with Gasteiger partial charge in [-0.1, -0.05) is 140 Å². The van der Waals surface area contributed by atoms with E-state index in [-0.39, 0.29) is 13.4 Å². The second-order valence-corrected chi connectivity index (χ2v) is 13.2. The van der Waals surface area contributed by atoms with E-state index >= 15 is 0 Å². The number of fused-ring (bicyclic) bond motifs is 2. The summed E-state index contributed by atoms with van der Waals surface area (Å²) in [7, 11) is 2.18. The number of hydrogen-bond donors (Lipinski definition) is 0. The first kappa shape index (κ1) is 29.2. The van der Waals surface area contributed by atoms with Crippen LogP contribution in [0.2, 0.25) is 0 Å². The fourth-order valence-corrected chi connectivity index (χ4v) is 8.33. The predicted molar refractivity (Wildman–Crippen MR) is 194 cm³/mol. The zero-order valence-electron chi connectivity index (χ0n) is 27.9. The first-order valence-electron chi connectivity index (χ1n) is 16.2. The number of para-hydroxylation sites is 1. The summed E-state index contributed by atoms with van der Waals surface area (Å²) in [6.45, 7) is 16.2. The van der Waals surface area contributed by atoms with Crippen molar-refractivity contribution in [1.29, 1.82) is 0 Å². The summed E-state index contributed by atoms with van der Waals surface area (Å²) >= 11 is 0. The molecule has 0 N–H and O–H groups in total. The van der Waals surface area contributed by atoms with E-state index in [4.69, 9.17) is 0 Å². The molecule has 0 spiro atoms. The van der Waals surface area contributed by atoms with Crippen LogP contribution in [0.4, 0.5) is 0 Å². The summed E-state index contributed by atoms with van der Waals surface area (Å²) in [5.41, 5.74) is 20.4. The molecule has 4 heteroatoms. The van der Waals surface area contributed by atoms with Gasteiger partial charge in [-0.05, 0) is 71.2 Å². The molecule has 0 atom stereocenters. The molecule has 0 fully saturated rings. The molecule has 0 radical (unpaired) electrons. The molecule has 0 aliphatic carbocycles. The zero-order chi connectivity index (χ0) is 31.6. The van der Waals surface area contributed by atoms with Gasteiger partial charge in [-0.25, -0.2) is 4.57 Å². The summed E-state index contributed by atoms with van der Waals surface area (Å²) in [5, 5.41) is 0. The summed E-state index contributed by atoms with van der Waals surface area (Å²) in [6.07, 6.45) is 4.42.